The monoisotopic (exact) mass is 358 g/mol. The Bertz CT molecular complexity index is 667. The highest BCUT2D eigenvalue weighted by Gasteiger charge is 2.29. The van der Waals surface area contributed by atoms with Gasteiger partial charge < -0.3 is 14.4 Å². The van der Waals surface area contributed by atoms with E-state index in [9.17, 15) is 23.7 Å². The topological polar surface area (TPSA) is 81.9 Å². The van der Waals surface area contributed by atoms with Crippen LogP contribution >= 0.6 is 0 Å². The fourth-order valence-corrected chi connectivity index (χ4v) is 2.42. The average Bonchev–Trinajstić information content (AvgIpc) is 2.49. The Morgan fingerprint density at radius 3 is 2.32 bits per heavy atom. The number of carbonyl (C=O) groups is 1. The van der Waals surface area contributed by atoms with Gasteiger partial charge >= 0.3 is 11.8 Å². The van der Waals surface area contributed by atoms with Crippen LogP contribution in [-0.2, 0) is 4.74 Å². The molecule has 1 amide bonds. The fourth-order valence-electron chi connectivity index (χ4n) is 2.42. The van der Waals surface area contributed by atoms with Crippen molar-refractivity contribution in [2.45, 2.75) is 45.3 Å². The standard InChI is InChI=1S/C16H20F2N2O5/c1-16(2,3)25-15(21)19-6-4-10(5-7-19)24-14-9-12(18)11(17)8-13(14)20(22)23/h8-10H,4-7H2,1-3H3. The third-order valence-corrected chi connectivity index (χ3v) is 3.59. The number of nitro groups is 1. The zero-order valence-corrected chi connectivity index (χ0v) is 14.3. The highest BCUT2D eigenvalue weighted by molar-refractivity contribution is 5.68. The summed E-state index contributed by atoms with van der Waals surface area (Å²) in [5.74, 6) is -2.84. The maximum Gasteiger partial charge on any atom is 0.410 e. The average molecular weight is 358 g/mol. The summed E-state index contributed by atoms with van der Waals surface area (Å²) in [7, 11) is 0. The number of piperidine rings is 1. The van der Waals surface area contributed by atoms with Crippen molar-refractivity contribution in [3.8, 4) is 5.75 Å². The molecular weight excluding hydrogens is 338 g/mol. The molecule has 0 bridgehead atoms. The van der Waals surface area contributed by atoms with E-state index in [0.29, 0.717) is 38.1 Å². The molecular formula is C16H20F2N2O5. The van der Waals surface area contributed by atoms with Gasteiger partial charge in [-0.2, -0.15) is 0 Å². The van der Waals surface area contributed by atoms with Crippen molar-refractivity contribution >= 4 is 11.8 Å². The number of hydrogen-bond donors (Lipinski definition) is 0. The second-order valence-corrected chi connectivity index (χ2v) is 6.78. The maximum absolute atomic E-state index is 13.4. The number of halogens is 2. The van der Waals surface area contributed by atoms with E-state index in [1.165, 1.54) is 4.90 Å². The van der Waals surface area contributed by atoms with E-state index < -0.39 is 40.0 Å². The molecule has 0 atom stereocenters. The van der Waals surface area contributed by atoms with E-state index in [1.807, 2.05) is 0 Å². The number of nitro benzene ring substituents is 1. The van der Waals surface area contributed by atoms with Gasteiger partial charge in [0.2, 0.25) is 5.75 Å². The number of rotatable bonds is 3. The van der Waals surface area contributed by atoms with E-state index >= 15 is 0 Å². The maximum atomic E-state index is 13.4. The smallest absolute Gasteiger partial charge is 0.410 e. The minimum atomic E-state index is -1.31. The molecule has 1 aliphatic heterocycles. The lowest BCUT2D eigenvalue weighted by Gasteiger charge is -2.33. The van der Waals surface area contributed by atoms with Crippen molar-refractivity contribution in [3.05, 3.63) is 33.9 Å². The van der Waals surface area contributed by atoms with Crippen LogP contribution < -0.4 is 4.74 Å². The minimum absolute atomic E-state index is 0.320. The van der Waals surface area contributed by atoms with E-state index in [0.717, 1.165) is 0 Å². The molecule has 0 radical (unpaired) electrons. The van der Waals surface area contributed by atoms with Gasteiger partial charge in [-0.3, -0.25) is 10.1 Å². The number of amides is 1. The first-order chi connectivity index (χ1) is 11.6. The van der Waals surface area contributed by atoms with Crippen molar-refractivity contribution in [2.24, 2.45) is 0 Å². The highest BCUT2D eigenvalue weighted by atomic mass is 19.2. The van der Waals surface area contributed by atoms with Crippen LogP contribution in [-0.4, -0.2) is 40.7 Å². The molecule has 1 aromatic rings. The van der Waals surface area contributed by atoms with Gasteiger partial charge in [-0.15, -0.1) is 0 Å². The Labute approximate surface area is 143 Å². The number of hydrogen-bond acceptors (Lipinski definition) is 5. The number of nitrogens with zero attached hydrogens (tertiary/aromatic N) is 2. The van der Waals surface area contributed by atoms with E-state index in [-0.39, 0.29) is 5.75 Å². The lowest BCUT2D eigenvalue weighted by atomic mass is 10.1. The largest absolute Gasteiger partial charge is 0.483 e. The molecule has 0 saturated carbocycles. The molecule has 0 aliphatic carbocycles. The van der Waals surface area contributed by atoms with E-state index in [4.69, 9.17) is 9.47 Å². The minimum Gasteiger partial charge on any atom is -0.483 e. The zero-order valence-electron chi connectivity index (χ0n) is 14.3. The molecule has 9 heteroatoms. The van der Waals surface area contributed by atoms with E-state index in [2.05, 4.69) is 0 Å². The summed E-state index contributed by atoms with van der Waals surface area (Å²) >= 11 is 0. The summed E-state index contributed by atoms with van der Waals surface area (Å²) < 4.78 is 37.3. The summed E-state index contributed by atoms with van der Waals surface area (Å²) in [6, 6.07) is 1.17. The summed E-state index contributed by atoms with van der Waals surface area (Å²) in [4.78, 5) is 23.6. The van der Waals surface area contributed by atoms with Gasteiger partial charge in [-0.1, -0.05) is 0 Å². The third-order valence-electron chi connectivity index (χ3n) is 3.59. The molecule has 1 heterocycles. The predicted octanol–water partition coefficient (Wildman–Crippen LogP) is 3.65. The van der Waals surface area contributed by atoms with Crippen LogP contribution in [0.4, 0.5) is 19.3 Å². The summed E-state index contributed by atoms with van der Waals surface area (Å²) in [5, 5.41) is 11.0. The normalized spacial score (nSPS) is 15.8. The van der Waals surface area contributed by atoms with Crippen LogP contribution in [0.3, 0.4) is 0 Å². The molecule has 7 nitrogen and oxygen atoms in total. The van der Waals surface area contributed by atoms with Crippen molar-refractivity contribution in [2.75, 3.05) is 13.1 Å². The van der Waals surface area contributed by atoms with Crippen molar-refractivity contribution in [1.29, 1.82) is 0 Å². The predicted molar refractivity (Wildman–Crippen MR) is 84.5 cm³/mol. The van der Waals surface area contributed by atoms with Crippen molar-refractivity contribution < 1.29 is 28.0 Å². The molecule has 1 aliphatic rings. The Morgan fingerprint density at radius 1 is 1.24 bits per heavy atom. The molecule has 0 N–H and O–H groups in total. The molecule has 0 spiro atoms. The van der Waals surface area contributed by atoms with Gasteiger partial charge in [0.25, 0.3) is 0 Å². The molecule has 0 unspecified atom stereocenters. The SMILES string of the molecule is CC(C)(C)OC(=O)N1CCC(Oc2cc(F)c(F)cc2[N+](=O)[O-])CC1. The van der Waals surface area contributed by atoms with Crippen molar-refractivity contribution in [3.63, 3.8) is 0 Å². The summed E-state index contributed by atoms with van der Waals surface area (Å²) in [6.07, 6.45) is -0.0860. The first kappa shape index (κ1) is 18.9. The number of likely N-dealkylation sites (tertiary alicyclic amines) is 1. The van der Waals surface area contributed by atoms with Gasteiger partial charge in [0.15, 0.2) is 11.6 Å². The van der Waals surface area contributed by atoms with Crippen LogP contribution in [0.15, 0.2) is 12.1 Å². The van der Waals surface area contributed by atoms with Gasteiger partial charge in [-0.05, 0) is 20.8 Å². The molecule has 1 aromatic carbocycles. The molecule has 1 fully saturated rings. The van der Waals surface area contributed by atoms with Crippen LogP contribution in [0.1, 0.15) is 33.6 Å². The summed E-state index contributed by atoms with van der Waals surface area (Å²) in [6.45, 7) is 5.99. The van der Waals surface area contributed by atoms with Gasteiger partial charge in [-0.25, -0.2) is 13.6 Å². The van der Waals surface area contributed by atoms with Gasteiger partial charge in [0.1, 0.15) is 11.7 Å². The Hall–Kier alpha value is -2.45. The quantitative estimate of drug-likeness (QED) is 0.608. The number of benzene rings is 1. The molecule has 25 heavy (non-hydrogen) atoms. The number of ether oxygens (including phenoxy) is 2. The first-order valence-electron chi connectivity index (χ1n) is 7.85. The molecule has 138 valence electrons. The van der Waals surface area contributed by atoms with Crippen LogP contribution in [0.5, 0.6) is 5.75 Å². The second-order valence-electron chi connectivity index (χ2n) is 6.78. The van der Waals surface area contributed by atoms with Crippen molar-refractivity contribution in [1.82, 2.24) is 4.90 Å². The van der Waals surface area contributed by atoms with Crippen LogP contribution in [0, 0.1) is 21.7 Å². The fraction of sp³-hybridized carbons (Fsp3) is 0.562. The molecule has 1 saturated heterocycles. The van der Waals surface area contributed by atoms with Crippen LogP contribution in [0.2, 0.25) is 0 Å². The Kier molecular flexibility index (Phi) is 5.44. The van der Waals surface area contributed by atoms with Gasteiger partial charge in [0, 0.05) is 32.0 Å². The Morgan fingerprint density at radius 2 is 1.80 bits per heavy atom. The Balaban J connectivity index is 2.00. The van der Waals surface area contributed by atoms with Crippen LogP contribution in [0.25, 0.3) is 0 Å². The third kappa shape index (κ3) is 5.01. The lowest BCUT2D eigenvalue weighted by molar-refractivity contribution is -0.386. The molecule has 2 rings (SSSR count). The lowest BCUT2D eigenvalue weighted by Crippen LogP contribution is -2.44. The summed E-state index contributed by atoms with van der Waals surface area (Å²) in [5.41, 5.74) is -1.23. The molecule has 0 aromatic heterocycles. The first-order valence-corrected chi connectivity index (χ1v) is 7.85. The second kappa shape index (κ2) is 7.20. The highest BCUT2D eigenvalue weighted by Crippen LogP contribution is 2.31. The van der Waals surface area contributed by atoms with E-state index in [1.54, 1.807) is 20.8 Å². The van der Waals surface area contributed by atoms with Gasteiger partial charge in [0.05, 0.1) is 11.0 Å². The number of carbonyl (C=O) groups excluding carboxylic acids is 1. The zero-order chi connectivity index (χ0) is 18.8.